The molecule has 1 N–H and O–H groups in total. The summed E-state index contributed by atoms with van der Waals surface area (Å²) < 4.78 is 9.75. The first-order valence-corrected chi connectivity index (χ1v) is 5.43. The Morgan fingerprint density at radius 1 is 1.28 bits per heavy atom. The van der Waals surface area contributed by atoms with Gasteiger partial charge in [-0.05, 0) is 6.92 Å². The highest BCUT2D eigenvalue weighted by molar-refractivity contribution is 6.13. The first-order chi connectivity index (χ1) is 8.43. The minimum absolute atomic E-state index is 0.214. The van der Waals surface area contributed by atoms with Gasteiger partial charge in [-0.15, -0.1) is 0 Å². The van der Waals surface area contributed by atoms with Gasteiger partial charge in [-0.2, -0.15) is 0 Å². The van der Waals surface area contributed by atoms with Crippen LogP contribution in [-0.2, 0) is 19.9 Å². The molecule has 1 aromatic carbocycles. The standard InChI is InChI=1S/C13H14O5/c1-12(18-3)10(14)8-6-4-5-7-9(8)13(12,16)11(15)17-2/h4-7,16H,1-3H3. The third kappa shape index (κ3) is 1.23. The van der Waals surface area contributed by atoms with E-state index in [9.17, 15) is 14.7 Å². The maximum absolute atomic E-state index is 12.3. The average Bonchev–Trinajstić information content (AvgIpc) is 2.59. The van der Waals surface area contributed by atoms with Crippen molar-refractivity contribution in [1.82, 2.24) is 0 Å². The summed E-state index contributed by atoms with van der Waals surface area (Å²) in [5.41, 5.74) is -3.31. The molecule has 0 saturated carbocycles. The minimum atomic E-state index is -2.12. The van der Waals surface area contributed by atoms with Crippen molar-refractivity contribution in [2.75, 3.05) is 14.2 Å². The number of ether oxygens (including phenoxy) is 2. The van der Waals surface area contributed by atoms with Crippen LogP contribution < -0.4 is 0 Å². The molecule has 0 spiro atoms. The molecule has 2 unspecified atom stereocenters. The topological polar surface area (TPSA) is 72.8 Å². The van der Waals surface area contributed by atoms with Crippen LogP contribution in [0.1, 0.15) is 22.8 Å². The van der Waals surface area contributed by atoms with Crippen LogP contribution in [0.5, 0.6) is 0 Å². The number of methoxy groups -OCH3 is 2. The third-order valence-electron chi connectivity index (χ3n) is 3.57. The van der Waals surface area contributed by atoms with Gasteiger partial charge in [0.05, 0.1) is 7.11 Å². The van der Waals surface area contributed by atoms with E-state index in [1.165, 1.54) is 20.1 Å². The molecule has 0 saturated heterocycles. The predicted molar refractivity (Wildman–Crippen MR) is 62.1 cm³/mol. The van der Waals surface area contributed by atoms with Gasteiger partial charge in [0, 0.05) is 18.2 Å². The van der Waals surface area contributed by atoms with E-state index in [2.05, 4.69) is 4.74 Å². The summed E-state index contributed by atoms with van der Waals surface area (Å²) in [5.74, 6) is -1.35. The number of carbonyl (C=O) groups excluding carboxylic acids is 2. The van der Waals surface area contributed by atoms with Crippen LogP contribution in [-0.4, -0.2) is 36.7 Å². The second-order valence-corrected chi connectivity index (χ2v) is 4.31. The van der Waals surface area contributed by atoms with Crippen LogP contribution in [0.2, 0.25) is 0 Å². The molecule has 5 nitrogen and oxygen atoms in total. The summed E-state index contributed by atoms with van der Waals surface area (Å²) in [6.45, 7) is 1.38. The molecule has 0 aromatic heterocycles. The lowest BCUT2D eigenvalue weighted by atomic mass is 9.84. The molecule has 2 rings (SSSR count). The van der Waals surface area contributed by atoms with Crippen molar-refractivity contribution in [3.05, 3.63) is 35.4 Å². The van der Waals surface area contributed by atoms with E-state index in [0.717, 1.165) is 7.11 Å². The number of aliphatic hydroxyl groups is 1. The van der Waals surface area contributed by atoms with Crippen LogP contribution >= 0.6 is 0 Å². The Balaban J connectivity index is 2.76. The summed E-state index contributed by atoms with van der Waals surface area (Å²) in [6, 6.07) is 6.38. The Bertz CT molecular complexity index is 524. The lowest BCUT2D eigenvalue weighted by molar-refractivity contribution is -0.188. The second kappa shape index (κ2) is 3.90. The van der Waals surface area contributed by atoms with E-state index in [-0.39, 0.29) is 11.1 Å². The fraction of sp³-hybridized carbons (Fsp3) is 0.385. The SMILES string of the molecule is COC(=O)C1(O)c2ccccc2C(=O)C1(C)OC. The van der Waals surface area contributed by atoms with Gasteiger partial charge in [0.15, 0.2) is 11.4 Å². The Kier molecular flexibility index (Phi) is 2.76. The number of rotatable bonds is 2. The molecular weight excluding hydrogens is 236 g/mol. The summed E-state index contributed by atoms with van der Waals surface area (Å²) in [5, 5.41) is 10.7. The molecule has 1 aromatic rings. The highest BCUT2D eigenvalue weighted by Gasteiger charge is 2.66. The second-order valence-electron chi connectivity index (χ2n) is 4.31. The number of hydrogen-bond acceptors (Lipinski definition) is 5. The zero-order chi connectivity index (χ0) is 13.6. The number of Topliss-reactive ketones (excluding diaryl/α,β-unsaturated/α-hetero) is 1. The van der Waals surface area contributed by atoms with Crippen molar-refractivity contribution in [3.8, 4) is 0 Å². The predicted octanol–water partition coefficient (Wildman–Crippen LogP) is 0.649. The molecule has 0 aliphatic heterocycles. The molecule has 5 heteroatoms. The number of benzene rings is 1. The number of carbonyl (C=O) groups is 2. The van der Waals surface area contributed by atoms with E-state index in [1.807, 2.05) is 0 Å². The van der Waals surface area contributed by atoms with Crippen molar-refractivity contribution in [3.63, 3.8) is 0 Å². The van der Waals surface area contributed by atoms with Crippen molar-refractivity contribution >= 4 is 11.8 Å². The van der Waals surface area contributed by atoms with Crippen LogP contribution in [0.4, 0.5) is 0 Å². The maximum Gasteiger partial charge on any atom is 0.346 e. The molecule has 96 valence electrons. The minimum Gasteiger partial charge on any atom is -0.467 e. The van der Waals surface area contributed by atoms with Gasteiger partial charge in [0.2, 0.25) is 5.60 Å². The van der Waals surface area contributed by atoms with E-state index in [4.69, 9.17) is 4.74 Å². The van der Waals surface area contributed by atoms with E-state index < -0.39 is 23.0 Å². The van der Waals surface area contributed by atoms with Gasteiger partial charge in [0.25, 0.3) is 0 Å². The summed E-state index contributed by atoms with van der Waals surface area (Å²) in [4.78, 5) is 24.2. The van der Waals surface area contributed by atoms with Gasteiger partial charge in [-0.1, -0.05) is 24.3 Å². The molecule has 0 radical (unpaired) electrons. The quantitative estimate of drug-likeness (QED) is 0.780. The highest BCUT2D eigenvalue weighted by atomic mass is 16.6. The largest absolute Gasteiger partial charge is 0.467 e. The average molecular weight is 250 g/mol. The fourth-order valence-electron chi connectivity index (χ4n) is 2.37. The molecule has 0 bridgehead atoms. The molecule has 0 amide bonds. The zero-order valence-corrected chi connectivity index (χ0v) is 10.4. The summed E-state index contributed by atoms with van der Waals surface area (Å²) in [6.07, 6.45) is 0. The monoisotopic (exact) mass is 250 g/mol. The van der Waals surface area contributed by atoms with E-state index in [0.29, 0.717) is 0 Å². The van der Waals surface area contributed by atoms with Crippen molar-refractivity contribution in [2.24, 2.45) is 0 Å². The normalized spacial score (nSPS) is 30.1. The van der Waals surface area contributed by atoms with Crippen LogP contribution in [0.3, 0.4) is 0 Å². The van der Waals surface area contributed by atoms with Gasteiger partial charge in [0.1, 0.15) is 0 Å². The van der Waals surface area contributed by atoms with Crippen LogP contribution in [0.25, 0.3) is 0 Å². The first kappa shape index (κ1) is 12.7. The molecule has 18 heavy (non-hydrogen) atoms. The molecule has 2 atom stereocenters. The first-order valence-electron chi connectivity index (χ1n) is 5.43. The Morgan fingerprint density at radius 3 is 2.44 bits per heavy atom. The van der Waals surface area contributed by atoms with Gasteiger partial charge in [-0.25, -0.2) is 4.79 Å². The number of fused-ring (bicyclic) bond motifs is 1. The zero-order valence-electron chi connectivity index (χ0n) is 10.4. The number of ketones is 1. The van der Waals surface area contributed by atoms with Crippen molar-refractivity contribution < 1.29 is 24.2 Å². The third-order valence-corrected chi connectivity index (χ3v) is 3.57. The highest BCUT2D eigenvalue weighted by Crippen LogP contribution is 2.46. The van der Waals surface area contributed by atoms with Gasteiger partial charge in [-0.3, -0.25) is 4.79 Å². The van der Waals surface area contributed by atoms with Gasteiger partial charge >= 0.3 is 5.97 Å². The van der Waals surface area contributed by atoms with Crippen LogP contribution in [0.15, 0.2) is 24.3 Å². The molecular formula is C13H14O5. The van der Waals surface area contributed by atoms with E-state index >= 15 is 0 Å². The van der Waals surface area contributed by atoms with E-state index in [1.54, 1.807) is 18.2 Å². The molecule has 1 aliphatic carbocycles. The molecule has 0 fully saturated rings. The lowest BCUT2D eigenvalue weighted by Crippen LogP contribution is -2.56. The van der Waals surface area contributed by atoms with Crippen molar-refractivity contribution in [2.45, 2.75) is 18.1 Å². The van der Waals surface area contributed by atoms with Crippen LogP contribution in [0, 0.1) is 0 Å². The Morgan fingerprint density at radius 2 is 1.89 bits per heavy atom. The smallest absolute Gasteiger partial charge is 0.346 e. The van der Waals surface area contributed by atoms with Crippen molar-refractivity contribution in [1.29, 1.82) is 0 Å². The lowest BCUT2D eigenvalue weighted by Gasteiger charge is -2.34. The Hall–Kier alpha value is -1.72. The molecule has 0 heterocycles. The van der Waals surface area contributed by atoms with Gasteiger partial charge < -0.3 is 14.6 Å². The number of esters is 1. The molecule has 1 aliphatic rings. The fourth-order valence-corrected chi connectivity index (χ4v) is 2.37. The maximum atomic E-state index is 12.3. The Labute approximate surface area is 104 Å². The summed E-state index contributed by atoms with van der Waals surface area (Å²) >= 11 is 0. The summed E-state index contributed by atoms with van der Waals surface area (Å²) in [7, 11) is 2.43. The number of hydrogen-bond donors (Lipinski definition) is 1.